The fourth-order valence-corrected chi connectivity index (χ4v) is 16.8. The van der Waals surface area contributed by atoms with Gasteiger partial charge in [0, 0.05) is 12.1 Å². The lowest BCUT2D eigenvalue weighted by Crippen LogP contribution is -2.57. The number of benzene rings is 1. The summed E-state index contributed by atoms with van der Waals surface area (Å²) in [5, 5.41) is 0. The minimum atomic E-state index is -1.64. The Bertz CT molecular complexity index is 902. The Labute approximate surface area is 211 Å². The number of nitrogens with zero attached hydrogens (tertiary/aromatic N) is 2. The molecule has 0 radical (unpaired) electrons. The van der Waals surface area contributed by atoms with E-state index in [9.17, 15) is 0 Å². The van der Waals surface area contributed by atoms with Gasteiger partial charge in [0.1, 0.15) is 0 Å². The molecular formula is C30H49BN2Si. The molecule has 5 aliphatic rings. The standard InChI is InChI=1S/C30H49BN2Si/c1-20-15-16-26-25(19-20)27-28(33(26)4)23-13-9-10-14-24(23)29(27)34(5,6)30-22-12-8-7-11-21(22)17-18-31(30)32(2)3/h7-8,11-12,20,23-30H,9-10,13-19H2,1-6H3. The minimum Gasteiger partial charge on any atom is -0.347 e. The highest BCUT2D eigenvalue weighted by Crippen LogP contribution is 2.66. The summed E-state index contributed by atoms with van der Waals surface area (Å²) >= 11 is 0. The van der Waals surface area contributed by atoms with Crippen LogP contribution in [0, 0.1) is 29.6 Å². The van der Waals surface area contributed by atoms with Gasteiger partial charge in [-0.1, -0.05) is 75.4 Å². The third kappa shape index (κ3) is 3.48. The number of hydrogen-bond donors (Lipinski definition) is 0. The SMILES string of the molecule is CC1CCC2C(C1)C1C(C3CCCCC3C1[Si](C)(C)C1B(N(C)C)CCc3ccccc31)N2C. The van der Waals surface area contributed by atoms with Gasteiger partial charge in [0.15, 0.2) is 0 Å². The van der Waals surface area contributed by atoms with Crippen LogP contribution >= 0.6 is 0 Å². The van der Waals surface area contributed by atoms with Crippen LogP contribution < -0.4 is 0 Å². The lowest BCUT2D eigenvalue weighted by Gasteiger charge is -2.51. The van der Waals surface area contributed by atoms with E-state index in [-0.39, 0.29) is 0 Å². The van der Waals surface area contributed by atoms with Crippen LogP contribution in [0.1, 0.15) is 68.4 Å². The zero-order valence-corrected chi connectivity index (χ0v) is 23.8. The zero-order chi connectivity index (χ0) is 23.8. The van der Waals surface area contributed by atoms with E-state index in [4.69, 9.17) is 0 Å². The molecule has 0 spiro atoms. The smallest absolute Gasteiger partial charge is 0.228 e. The summed E-state index contributed by atoms with van der Waals surface area (Å²) in [7, 11) is 5.67. The molecule has 6 rings (SSSR count). The third-order valence-electron chi connectivity index (χ3n) is 12.0. The van der Waals surface area contributed by atoms with Crippen LogP contribution in [-0.4, -0.2) is 57.9 Å². The normalized spacial score (nSPS) is 42.3. The van der Waals surface area contributed by atoms with Gasteiger partial charge < -0.3 is 4.81 Å². The van der Waals surface area contributed by atoms with Gasteiger partial charge in [0.2, 0.25) is 6.85 Å². The first-order chi connectivity index (χ1) is 16.3. The number of hydrogen-bond acceptors (Lipinski definition) is 2. The van der Waals surface area contributed by atoms with Gasteiger partial charge in [-0.25, -0.2) is 0 Å². The second kappa shape index (κ2) is 8.77. The molecule has 9 unspecified atom stereocenters. The van der Waals surface area contributed by atoms with Gasteiger partial charge >= 0.3 is 0 Å². The summed E-state index contributed by atoms with van der Waals surface area (Å²) in [4.78, 5) is 5.60. The molecule has 1 saturated heterocycles. The molecule has 0 bridgehead atoms. The van der Waals surface area contributed by atoms with Crippen LogP contribution in [-0.2, 0) is 6.42 Å². The molecule has 4 heteroatoms. The molecule has 2 aliphatic heterocycles. The van der Waals surface area contributed by atoms with Crippen LogP contribution in [0.5, 0.6) is 0 Å². The van der Waals surface area contributed by atoms with Crippen molar-refractivity contribution in [1.82, 2.24) is 9.71 Å². The summed E-state index contributed by atoms with van der Waals surface area (Å²) in [5.41, 5.74) is 5.21. The van der Waals surface area contributed by atoms with Crippen molar-refractivity contribution in [3.8, 4) is 0 Å². The van der Waals surface area contributed by atoms with Gasteiger partial charge in [-0.15, -0.1) is 0 Å². The molecule has 1 aromatic carbocycles. The first-order valence-corrected chi connectivity index (χ1v) is 17.9. The van der Waals surface area contributed by atoms with Gasteiger partial charge in [-0.05, 0) is 99.4 Å². The monoisotopic (exact) mass is 476 g/mol. The van der Waals surface area contributed by atoms with Crippen LogP contribution in [0.15, 0.2) is 24.3 Å². The Hall–Kier alpha value is -0.578. The molecular weight excluding hydrogens is 427 g/mol. The quantitative estimate of drug-likeness (QED) is 0.454. The predicted octanol–water partition coefficient (Wildman–Crippen LogP) is 6.59. The number of fused-ring (bicyclic) bond motifs is 6. The van der Waals surface area contributed by atoms with Crippen LogP contribution in [0.3, 0.4) is 0 Å². The highest BCUT2D eigenvalue weighted by molar-refractivity contribution is 6.91. The van der Waals surface area contributed by atoms with E-state index in [1.54, 1.807) is 11.1 Å². The molecule has 2 heterocycles. The lowest BCUT2D eigenvalue weighted by molar-refractivity contribution is 0.109. The Morgan fingerprint density at radius 3 is 2.47 bits per heavy atom. The maximum atomic E-state index is 2.98. The zero-order valence-electron chi connectivity index (χ0n) is 22.8. The molecule has 2 nitrogen and oxygen atoms in total. The molecule has 9 atom stereocenters. The number of aryl methyl sites for hydroxylation is 1. The highest BCUT2D eigenvalue weighted by atomic mass is 28.3. The van der Waals surface area contributed by atoms with Crippen molar-refractivity contribution in [2.45, 2.75) is 101 Å². The molecule has 0 N–H and O–H groups in total. The number of rotatable bonds is 3. The van der Waals surface area contributed by atoms with Crippen molar-refractivity contribution in [2.75, 3.05) is 21.1 Å². The van der Waals surface area contributed by atoms with E-state index in [1.165, 1.54) is 57.7 Å². The largest absolute Gasteiger partial charge is 0.347 e. The summed E-state index contributed by atoms with van der Waals surface area (Å²) in [6, 6.07) is 11.4. The minimum absolute atomic E-state index is 0.720. The Morgan fingerprint density at radius 2 is 1.71 bits per heavy atom. The molecule has 0 aromatic heterocycles. The van der Waals surface area contributed by atoms with Gasteiger partial charge in [-0.2, -0.15) is 0 Å². The highest BCUT2D eigenvalue weighted by Gasteiger charge is 2.66. The fourth-order valence-electron chi connectivity index (χ4n) is 10.9. The second-order valence-electron chi connectivity index (χ2n) is 14.1. The maximum absolute atomic E-state index is 2.98. The van der Waals surface area contributed by atoms with Gasteiger partial charge in [0.05, 0.1) is 8.07 Å². The molecule has 3 aliphatic carbocycles. The van der Waals surface area contributed by atoms with E-state index in [1.807, 2.05) is 0 Å². The van der Waals surface area contributed by atoms with E-state index in [2.05, 4.69) is 75.1 Å². The second-order valence-corrected chi connectivity index (χ2v) is 19.0. The first-order valence-electron chi connectivity index (χ1n) is 14.8. The molecule has 34 heavy (non-hydrogen) atoms. The van der Waals surface area contributed by atoms with Crippen molar-refractivity contribution < 1.29 is 0 Å². The Morgan fingerprint density at radius 1 is 0.971 bits per heavy atom. The molecule has 1 aromatic rings. The van der Waals surface area contributed by atoms with Crippen molar-refractivity contribution in [1.29, 1.82) is 0 Å². The lowest BCUT2D eigenvalue weighted by atomic mass is 9.48. The maximum Gasteiger partial charge on any atom is 0.228 e. The van der Waals surface area contributed by atoms with E-state index < -0.39 is 8.07 Å². The van der Waals surface area contributed by atoms with Crippen molar-refractivity contribution in [3.63, 3.8) is 0 Å². The molecule has 4 fully saturated rings. The van der Waals surface area contributed by atoms with E-state index in [0.29, 0.717) is 0 Å². The summed E-state index contributed by atoms with van der Waals surface area (Å²) in [6.45, 7) is 9.02. The predicted molar refractivity (Wildman–Crippen MR) is 149 cm³/mol. The first kappa shape index (κ1) is 23.8. The molecule has 0 amide bonds. The van der Waals surface area contributed by atoms with Crippen molar-refractivity contribution in [3.05, 3.63) is 35.4 Å². The Balaban J connectivity index is 1.46. The van der Waals surface area contributed by atoms with E-state index in [0.717, 1.165) is 59.5 Å². The van der Waals surface area contributed by atoms with Crippen LogP contribution in [0.4, 0.5) is 0 Å². The molecule has 3 saturated carbocycles. The number of likely N-dealkylation sites (tertiary alicyclic amines) is 1. The third-order valence-corrected chi connectivity index (χ3v) is 16.8. The average Bonchev–Trinajstić information content (AvgIpc) is 3.31. The van der Waals surface area contributed by atoms with Crippen molar-refractivity contribution in [2.24, 2.45) is 29.6 Å². The summed E-state index contributed by atoms with van der Waals surface area (Å²) < 4.78 is 0. The van der Waals surface area contributed by atoms with E-state index >= 15 is 0 Å². The van der Waals surface area contributed by atoms with Gasteiger partial charge in [-0.3, -0.25) is 4.90 Å². The van der Waals surface area contributed by atoms with Gasteiger partial charge in [0.25, 0.3) is 0 Å². The summed E-state index contributed by atoms with van der Waals surface area (Å²) in [5.74, 6) is 4.87. The summed E-state index contributed by atoms with van der Waals surface area (Å²) in [6.07, 6.45) is 13.1. The van der Waals surface area contributed by atoms with Crippen LogP contribution in [0.2, 0.25) is 25.0 Å². The Kier molecular flexibility index (Phi) is 6.14. The molecule has 186 valence electrons. The topological polar surface area (TPSA) is 6.48 Å². The average molecular weight is 477 g/mol. The fraction of sp³-hybridized carbons (Fsp3) is 0.800. The van der Waals surface area contributed by atoms with Crippen LogP contribution in [0.25, 0.3) is 0 Å². The van der Waals surface area contributed by atoms with Crippen molar-refractivity contribution >= 4 is 14.9 Å².